The van der Waals surface area contributed by atoms with Gasteiger partial charge < -0.3 is 19.3 Å². The number of hydrogen-bond acceptors (Lipinski definition) is 8. The van der Waals surface area contributed by atoms with Crippen molar-refractivity contribution in [2.45, 2.75) is 64.1 Å². The van der Waals surface area contributed by atoms with Gasteiger partial charge in [-0.2, -0.15) is 0 Å². The predicted molar refractivity (Wildman–Crippen MR) is 160 cm³/mol. The Morgan fingerprint density at radius 3 is 2.69 bits per heavy atom. The van der Waals surface area contributed by atoms with E-state index >= 15 is 0 Å². The second-order valence-corrected chi connectivity index (χ2v) is 12.6. The smallest absolute Gasteiger partial charge is 0.248 e. The molecule has 0 bridgehead atoms. The minimum Gasteiger partial charge on any atom is -0.490 e. The van der Waals surface area contributed by atoms with Crippen LogP contribution in [0.3, 0.4) is 0 Å². The van der Waals surface area contributed by atoms with Gasteiger partial charge in [0, 0.05) is 55.6 Å². The lowest BCUT2D eigenvalue weighted by molar-refractivity contribution is -0.141. The Balaban J connectivity index is 1.12. The number of benzene rings is 1. The number of rotatable bonds is 4. The van der Waals surface area contributed by atoms with E-state index in [2.05, 4.69) is 34.6 Å². The van der Waals surface area contributed by atoms with Crippen molar-refractivity contribution in [2.75, 3.05) is 37.7 Å². The molecule has 2 atom stereocenters. The maximum absolute atomic E-state index is 12.7. The number of amides is 1. The number of para-hydroxylation sites is 1. The van der Waals surface area contributed by atoms with Crippen molar-refractivity contribution < 1.29 is 14.3 Å². The monoisotopic (exact) mass is 567 g/mol. The van der Waals surface area contributed by atoms with E-state index in [1.165, 1.54) is 5.56 Å². The van der Waals surface area contributed by atoms with E-state index in [1.807, 2.05) is 56.3 Å². The third-order valence-corrected chi connectivity index (χ3v) is 8.65. The highest BCUT2D eigenvalue weighted by Crippen LogP contribution is 2.47. The number of aromatic nitrogens is 5. The zero-order valence-corrected chi connectivity index (χ0v) is 24.7. The van der Waals surface area contributed by atoms with Gasteiger partial charge in [-0.3, -0.25) is 9.36 Å². The van der Waals surface area contributed by atoms with Gasteiger partial charge >= 0.3 is 0 Å². The van der Waals surface area contributed by atoms with Gasteiger partial charge in [0.05, 0.1) is 11.3 Å². The summed E-state index contributed by atoms with van der Waals surface area (Å²) in [7, 11) is 0. The van der Waals surface area contributed by atoms with Crippen LogP contribution in [0.4, 0.5) is 5.95 Å². The van der Waals surface area contributed by atoms with Gasteiger partial charge in [0.2, 0.25) is 11.9 Å². The highest BCUT2D eigenvalue weighted by atomic mass is 16.5. The number of imidazole rings is 1. The quantitative estimate of drug-likeness (QED) is 0.362. The Hall–Kier alpha value is -4.05. The maximum atomic E-state index is 12.7. The van der Waals surface area contributed by atoms with Crippen LogP contribution in [-0.4, -0.2) is 79.8 Å². The average molecular weight is 568 g/mol. The third-order valence-electron chi connectivity index (χ3n) is 8.65. The zero-order chi connectivity index (χ0) is 29.1. The van der Waals surface area contributed by atoms with E-state index in [4.69, 9.17) is 29.4 Å². The first kappa shape index (κ1) is 26.8. The van der Waals surface area contributed by atoms with Crippen molar-refractivity contribution >= 4 is 23.0 Å². The van der Waals surface area contributed by atoms with E-state index in [0.29, 0.717) is 32.2 Å². The minimum atomic E-state index is -0.340. The number of fused-ring (bicyclic) bond motifs is 6. The number of ether oxygens (including phenoxy) is 2. The maximum Gasteiger partial charge on any atom is 0.248 e. The van der Waals surface area contributed by atoms with Crippen molar-refractivity contribution in [3.8, 4) is 17.0 Å². The van der Waals surface area contributed by atoms with Crippen molar-refractivity contribution in [3.05, 3.63) is 60.2 Å². The Kier molecular flexibility index (Phi) is 6.42. The molecule has 0 radical (unpaired) electrons. The zero-order valence-electron chi connectivity index (χ0n) is 24.7. The van der Waals surface area contributed by atoms with E-state index in [-0.39, 0.29) is 29.7 Å². The highest BCUT2D eigenvalue weighted by molar-refractivity contribution is 5.78. The first-order valence-corrected chi connectivity index (χ1v) is 14.8. The molecule has 6 heterocycles. The van der Waals surface area contributed by atoms with Crippen LogP contribution >= 0.6 is 0 Å². The lowest BCUT2D eigenvalue weighted by Gasteiger charge is -2.40. The summed E-state index contributed by atoms with van der Waals surface area (Å²) in [6.45, 7) is 10.5. The molecule has 3 aliphatic rings. The fourth-order valence-corrected chi connectivity index (χ4v) is 6.53. The van der Waals surface area contributed by atoms with Crippen LogP contribution < -0.4 is 9.64 Å². The topological polar surface area (TPSA) is 98.5 Å². The van der Waals surface area contributed by atoms with E-state index < -0.39 is 0 Å². The number of hydrogen-bond donors (Lipinski definition) is 0. The number of aryl methyl sites for hydroxylation is 1. The molecule has 0 aliphatic carbocycles. The molecule has 3 aromatic heterocycles. The Bertz CT molecular complexity index is 1640. The van der Waals surface area contributed by atoms with Gasteiger partial charge in [-0.1, -0.05) is 18.2 Å². The van der Waals surface area contributed by atoms with Crippen molar-refractivity contribution in [2.24, 2.45) is 0 Å². The first-order chi connectivity index (χ1) is 20.2. The summed E-state index contributed by atoms with van der Waals surface area (Å²) in [6, 6.07) is 12.5. The molecule has 1 saturated heterocycles. The number of carbonyl (C=O) groups is 1. The van der Waals surface area contributed by atoms with E-state index in [0.717, 1.165) is 53.3 Å². The number of pyridine rings is 1. The van der Waals surface area contributed by atoms with Crippen molar-refractivity contribution in [1.29, 1.82) is 0 Å². The molecular formula is C32H37N7O3. The molecule has 7 rings (SSSR count). The fraction of sp³-hybridized carbons (Fsp3) is 0.469. The van der Waals surface area contributed by atoms with Gasteiger partial charge in [-0.25, -0.2) is 19.9 Å². The molecular weight excluding hydrogens is 530 g/mol. The molecule has 42 heavy (non-hydrogen) atoms. The minimum absolute atomic E-state index is 0.0191. The molecule has 1 unspecified atom stereocenters. The molecule has 1 amide bonds. The fourth-order valence-electron chi connectivity index (χ4n) is 6.53. The Morgan fingerprint density at radius 2 is 1.90 bits per heavy atom. The van der Waals surface area contributed by atoms with Gasteiger partial charge in [-0.15, -0.1) is 0 Å². The summed E-state index contributed by atoms with van der Waals surface area (Å²) in [5.41, 5.74) is 4.01. The summed E-state index contributed by atoms with van der Waals surface area (Å²) in [4.78, 5) is 36.3. The first-order valence-electron chi connectivity index (χ1n) is 14.8. The van der Waals surface area contributed by atoms with Crippen LogP contribution in [0.1, 0.15) is 51.9 Å². The number of carbonyl (C=O) groups excluding carboxylic acids is 1. The van der Waals surface area contributed by atoms with Crippen molar-refractivity contribution in [1.82, 2.24) is 29.4 Å². The second-order valence-electron chi connectivity index (χ2n) is 12.6. The summed E-state index contributed by atoms with van der Waals surface area (Å²) in [6.07, 6.45) is 6.67. The molecule has 1 fully saturated rings. The average Bonchev–Trinajstić information content (AvgIpc) is 3.55. The van der Waals surface area contributed by atoms with Crippen molar-refractivity contribution in [3.63, 3.8) is 0 Å². The molecule has 10 heteroatoms. The predicted octanol–water partition coefficient (Wildman–Crippen LogP) is 4.21. The van der Waals surface area contributed by atoms with Crippen LogP contribution in [0.15, 0.2) is 48.8 Å². The molecule has 1 aromatic carbocycles. The molecule has 4 aromatic rings. The molecule has 0 N–H and O–H groups in total. The molecule has 1 spiro atoms. The van der Waals surface area contributed by atoms with Gasteiger partial charge in [0.15, 0.2) is 5.65 Å². The van der Waals surface area contributed by atoms with Gasteiger partial charge in [0.1, 0.15) is 35.8 Å². The molecule has 218 valence electrons. The van der Waals surface area contributed by atoms with Crippen LogP contribution in [0.25, 0.3) is 22.4 Å². The Morgan fingerprint density at radius 1 is 1.10 bits per heavy atom. The number of anilines is 1. The third kappa shape index (κ3) is 4.58. The molecule has 10 nitrogen and oxygen atoms in total. The summed E-state index contributed by atoms with van der Waals surface area (Å²) < 4.78 is 14.2. The largest absolute Gasteiger partial charge is 0.490 e. The summed E-state index contributed by atoms with van der Waals surface area (Å²) >= 11 is 0. The molecule has 0 saturated carbocycles. The van der Waals surface area contributed by atoms with E-state index in [1.54, 1.807) is 0 Å². The lowest BCUT2D eigenvalue weighted by atomic mass is 9.83. The van der Waals surface area contributed by atoms with E-state index in [9.17, 15) is 4.79 Å². The molecule has 3 aliphatic heterocycles. The SMILES string of the molecule is C[C@H]1CN(C(=O)COC(C)(C)C)CCN1c1ncc(-c2ccc3nc4n(c3n2)C2(CCC4)COc3ccccc32)cn1. The second kappa shape index (κ2) is 10.0. The normalized spacial score (nSPS) is 21.9. The number of nitrogens with zero attached hydrogens (tertiary/aromatic N) is 7. The number of piperazine rings is 1. The standard InChI is InChI=1S/C32H37N7O3/c1-21-18-37(28(40)19-42-31(2,3)4)14-15-38(21)30-33-16-22(17-34-30)24-11-12-25-29(36-24)39-27(35-25)10-7-13-32(39)20-41-26-9-6-5-8-23(26)32/h5-6,8-9,11-12,16-17,21H,7,10,13-15,18-20H2,1-4H3/t21-,32?/m0/s1. The van der Waals surface area contributed by atoms with Crippen LogP contribution in [0, 0.1) is 0 Å². The Labute approximate surface area is 245 Å². The van der Waals surface area contributed by atoms with Crippen LogP contribution in [0.5, 0.6) is 5.75 Å². The van der Waals surface area contributed by atoms with Gasteiger partial charge in [0.25, 0.3) is 0 Å². The van der Waals surface area contributed by atoms with Crippen LogP contribution in [-0.2, 0) is 21.5 Å². The lowest BCUT2D eigenvalue weighted by Crippen LogP contribution is -2.55. The highest BCUT2D eigenvalue weighted by Gasteiger charge is 2.46. The van der Waals surface area contributed by atoms with Gasteiger partial charge in [-0.05, 0) is 58.7 Å². The van der Waals surface area contributed by atoms with Crippen LogP contribution in [0.2, 0.25) is 0 Å². The summed E-state index contributed by atoms with van der Waals surface area (Å²) in [5, 5.41) is 0. The summed E-state index contributed by atoms with van der Waals surface area (Å²) in [5.74, 6) is 2.69.